The number of carbonyl (C=O) groups is 2. The van der Waals surface area contributed by atoms with E-state index in [0.29, 0.717) is 17.4 Å². The number of phosphoric ester groups is 1. The summed E-state index contributed by atoms with van der Waals surface area (Å²) >= 11 is 0. The van der Waals surface area contributed by atoms with E-state index in [1.165, 1.54) is 257 Å². The Morgan fingerprint density at radius 2 is 0.655 bits per heavy atom. The van der Waals surface area contributed by atoms with E-state index >= 15 is 0 Å². The molecule has 0 saturated carbocycles. The average molecular weight is 1240 g/mol. The van der Waals surface area contributed by atoms with Gasteiger partial charge in [0.1, 0.15) is 19.8 Å². The predicted octanol–water partition coefficient (Wildman–Crippen LogP) is 24.6. The molecule has 0 rings (SSSR count). The maximum Gasteiger partial charge on any atom is 0.472 e. The molecule has 9 nitrogen and oxygen atoms in total. The maximum absolute atomic E-state index is 12.9. The normalized spacial score (nSPS) is 13.4. The van der Waals surface area contributed by atoms with Crippen molar-refractivity contribution in [1.29, 1.82) is 0 Å². The Bertz CT molecular complexity index is 1650. The molecule has 0 aliphatic heterocycles. The van der Waals surface area contributed by atoms with Crippen LogP contribution in [0.3, 0.4) is 0 Å². The zero-order valence-corrected chi connectivity index (χ0v) is 59.2. The van der Waals surface area contributed by atoms with Crippen molar-refractivity contribution in [3.63, 3.8) is 0 Å². The molecule has 510 valence electrons. The van der Waals surface area contributed by atoms with Crippen molar-refractivity contribution in [1.82, 2.24) is 0 Å². The highest BCUT2D eigenvalue weighted by molar-refractivity contribution is 7.47. The van der Waals surface area contributed by atoms with Gasteiger partial charge in [-0.1, -0.05) is 357 Å². The van der Waals surface area contributed by atoms with Gasteiger partial charge in [0.2, 0.25) is 0 Å². The number of hydrogen-bond acceptors (Lipinski definition) is 7. The summed E-state index contributed by atoms with van der Waals surface area (Å²) in [4.78, 5) is 35.9. The van der Waals surface area contributed by atoms with E-state index in [-0.39, 0.29) is 32.0 Å². The second-order valence-corrected chi connectivity index (χ2v) is 28.1. The molecule has 0 aromatic carbocycles. The molecule has 0 aliphatic carbocycles. The van der Waals surface area contributed by atoms with E-state index < -0.39 is 26.5 Å². The van der Waals surface area contributed by atoms with Crippen molar-refractivity contribution in [2.45, 2.75) is 373 Å². The number of quaternary nitrogens is 1. The highest BCUT2D eigenvalue weighted by atomic mass is 31.2. The Balaban J connectivity index is 3.90. The van der Waals surface area contributed by atoms with Gasteiger partial charge in [0.05, 0.1) is 27.7 Å². The lowest BCUT2D eigenvalue weighted by Crippen LogP contribution is -2.37. The first-order valence-electron chi connectivity index (χ1n) is 37.5. The van der Waals surface area contributed by atoms with Crippen LogP contribution in [0.2, 0.25) is 0 Å². The number of nitrogens with zero attached hydrogens (tertiary/aromatic N) is 1. The van der Waals surface area contributed by atoms with Gasteiger partial charge in [-0.25, -0.2) is 4.57 Å². The lowest BCUT2D eigenvalue weighted by Gasteiger charge is -2.24. The number of allylic oxidation sites excluding steroid dienone is 10. The van der Waals surface area contributed by atoms with Crippen LogP contribution in [-0.2, 0) is 32.7 Å². The lowest BCUT2D eigenvalue weighted by molar-refractivity contribution is -0.870. The minimum Gasteiger partial charge on any atom is -0.462 e. The Morgan fingerprint density at radius 1 is 0.368 bits per heavy atom. The van der Waals surface area contributed by atoms with Crippen molar-refractivity contribution in [2.24, 2.45) is 0 Å². The van der Waals surface area contributed by atoms with Gasteiger partial charge in [-0.05, 0) is 57.8 Å². The van der Waals surface area contributed by atoms with E-state index in [0.717, 1.165) is 77.0 Å². The summed E-state index contributed by atoms with van der Waals surface area (Å²) in [6.07, 6.45) is 90.8. The highest BCUT2D eigenvalue weighted by Crippen LogP contribution is 2.43. The van der Waals surface area contributed by atoms with Crippen molar-refractivity contribution in [3.8, 4) is 0 Å². The van der Waals surface area contributed by atoms with Crippen LogP contribution in [0.5, 0.6) is 0 Å². The second kappa shape index (κ2) is 68.1. The molecule has 0 radical (unpaired) electrons. The van der Waals surface area contributed by atoms with Crippen LogP contribution < -0.4 is 0 Å². The molecular weight excluding hydrogens is 1100 g/mol. The zero-order valence-electron chi connectivity index (χ0n) is 58.3. The monoisotopic (exact) mass is 1240 g/mol. The van der Waals surface area contributed by atoms with Gasteiger partial charge >= 0.3 is 19.8 Å². The van der Waals surface area contributed by atoms with Gasteiger partial charge in [-0.3, -0.25) is 18.6 Å². The van der Waals surface area contributed by atoms with Crippen molar-refractivity contribution >= 4 is 19.8 Å². The third-order valence-electron chi connectivity index (χ3n) is 16.8. The standard InChI is InChI=1S/C77H144NO8P/c1-6-8-10-12-14-16-18-20-22-24-26-28-30-31-32-33-34-35-36-37-38-39-40-41-42-43-44-45-46-48-49-51-53-55-57-59-61-63-65-67-69-76(79)83-73-75(74-85-87(81,82)84-72-71-78(3,4)5)86-77(80)70-68-66-64-62-60-58-56-54-52-50-47-29-27-25-23-21-19-17-15-13-11-9-7-2/h9,11,15,17,21,23,27,29,50,52,75H,6-8,10,12-14,16,18-20,22,24-26,28,30-49,51,53-74H2,1-5H3/p+1/b11-9-,17-15-,23-21-,29-27-,52-50-. The number of unbranched alkanes of at least 4 members (excludes halogenated alkanes) is 46. The molecule has 0 heterocycles. The van der Waals surface area contributed by atoms with Gasteiger partial charge in [-0.15, -0.1) is 0 Å². The molecule has 2 unspecified atom stereocenters. The molecule has 0 fully saturated rings. The minimum absolute atomic E-state index is 0.0286. The Kier molecular flexibility index (Phi) is 66.3. The van der Waals surface area contributed by atoms with Crippen LogP contribution in [0.15, 0.2) is 60.8 Å². The molecule has 0 amide bonds. The third-order valence-corrected chi connectivity index (χ3v) is 17.8. The van der Waals surface area contributed by atoms with Crippen molar-refractivity contribution in [3.05, 3.63) is 60.8 Å². The number of carbonyl (C=O) groups excluding carboxylic acids is 2. The number of ether oxygens (including phenoxy) is 2. The van der Waals surface area contributed by atoms with E-state index in [1.54, 1.807) is 0 Å². The molecule has 0 bridgehead atoms. The van der Waals surface area contributed by atoms with E-state index in [2.05, 4.69) is 74.6 Å². The van der Waals surface area contributed by atoms with Crippen LogP contribution in [0.1, 0.15) is 367 Å². The molecule has 0 aromatic rings. The Morgan fingerprint density at radius 3 is 0.977 bits per heavy atom. The van der Waals surface area contributed by atoms with Crippen molar-refractivity contribution in [2.75, 3.05) is 47.5 Å². The molecule has 87 heavy (non-hydrogen) atoms. The Labute approximate surface area is 540 Å². The fourth-order valence-electron chi connectivity index (χ4n) is 11.1. The lowest BCUT2D eigenvalue weighted by atomic mass is 10.0. The molecular formula is C77H145NO8P+. The number of rotatable bonds is 70. The van der Waals surface area contributed by atoms with Crippen LogP contribution in [0, 0.1) is 0 Å². The molecule has 0 aliphatic rings. The quantitative estimate of drug-likeness (QED) is 0.0211. The van der Waals surface area contributed by atoms with Gasteiger partial charge in [-0.2, -0.15) is 0 Å². The van der Waals surface area contributed by atoms with Crippen LogP contribution in [-0.4, -0.2) is 74.9 Å². The maximum atomic E-state index is 12.9. The third kappa shape index (κ3) is 72.6. The molecule has 0 saturated heterocycles. The summed E-state index contributed by atoms with van der Waals surface area (Å²) in [6.45, 7) is 4.36. The first-order valence-corrected chi connectivity index (χ1v) is 39.0. The van der Waals surface area contributed by atoms with Crippen LogP contribution in [0.25, 0.3) is 0 Å². The van der Waals surface area contributed by atoms with Crippen molar-refractivity contribution < 1.29 is 42.1 Å². The first kappa shape index (κ1) is 84.7. The number of likely N-dealkylation sites (N-methyl/N-ethyl adjacent to an activating group) is 1. The smallest absolute Gasteiger partial charge is 0.462 e. The number of esters is 2. The summed E-state index contributed by atoms with van der Waals surface area (Å²) < 4.78 is 34.7. The second-order valence-electron chi connectivity index (χ2n) is 26.7. The van der Waals surface area contributed by atoms with E-state index in [9.17, 15) is 19.0 Å². The van der Waals surface area contributed by atoms with Gasteiger partial charge in [0.25, 0.3) is 0 Å². The number of hydrogen-bond donors (Lipinski definition) is 1. The van der Waals surface area contributed by atoms with Crippen LogP contribution in [0.4, 0.5) is 0 Å². The Hall–Kier alpha value is -2.29. The molecule has 0 aromatic heterocycles. The predicted molar refractivity (Wildman–Crippen MR) is 376 cm³/mol. The fraction of sp³-hybridized carbons (Fsp3) is 0.844. The fourth-order valence-corrected chi connectivity index (χ4v) is 11.8. The summed E-state index contributed by atoms with van der Waals surface area (Å²) in [5.74, 6) is -0.797. The molecule has 1 N–H and O–H groups in total. The van der Waals surface area contributed by atoms with Crippen LogP contribution >= 0.6 is 7.82 Å². The topological polar surface area (TPSA) is 108 Å². The minimum atomic E-state index is -4.40. The summed E-state index contributed by atoms with van der Waals surface area (Å²) in [5.41, 5.74) is 0. The summed E-state index contributed by atoms with van der Waals surface area (Å²) in [6, 6.07) is 0. The summed E-state index contributed by atoms with van der Waals surface area (Å²) in [5, 5.41) is 0. The number of phosphoric acid groups is 1. The van der Waals surface area contributed by atoms with E-state index in [4.69, 9.17) is 18.5 Å². The first-order chi connectivity index (χ1) is 42.5. The average Bonchev–Trinajstić information content (AvgIpc) is 3.68. The van der Waals surface area contributed by atoms with Gasteiger partial charge < -0.3 is 18.9 Å². The largest absolute Gasteiger partial charge is 0.472 e. The SMILES string of the molecule is CC/C=C\C/C=C\C/C=C\C/C=C\C/C=C\CCCCCCCCCC(=O)OC(COC(=O)CCCCCCCCCCCCCCCCCCCCCCCCCCCCCCCCCCCCCCCCCC)COP(=O)(O)OCC[N+](C)(C)C. The molecule has 0 spiro atoms. The summed E-state index contributed by atoms with van der Waals surface area (Å²) in [7, 11) is 1.48. The zero-order chi connectivity index (χ0) is 63.4. The highest BCUT2D eigenvalue weighted by Gasteiger charge is 2.27. The van der Waals surface area contributed by atoms with E-state index in [1.807, 2.05) is 21.1 Å². The molecule has 2 atom stereocenters. The van der Waals surface area contributed by atoms with Gasteiger partial charge in [0, 0.05) is 12.8 Å². The van der Waals surface area contributed by atoms with Gasteiger partial charge in [0.15, 0.2) is 6.10 Å². The molecule has 10 heteroatoms.